The van der Waals surface area contributed by atoms with Crippen LogP contribution in [-0.2, 0) is 14.3 Å². The number of nitrogens with one attached hydrogen (secondary N) is 2. The summed E-state index contributed by atoms with van der Waals surface area (Å²) in [6, 6.07) is -0.0613. The van der Waals surface area contributed by atoms with Gasteiger partial charge < -0.3 is 15.4 Å². The highest BCUT2D eigenvalue weighted by Crippen LogP contribution is 2.65. The summed E-state index contributed by atoms with van der Waals surface area (Å²) >= 11 is 0. The Balaban J connectivity index is 1.52. The normalized spacial score (nSPS) is 38.4. The van der Waals surface area contributed by atoms with Crippen LogP contribution < -0.4 is 10.6 Å². The van der Waals surface area contributed by atoms with E-state index in [0.717, 1.165) is 38.5 Å². The zero-order valence-electron chi connectivity index (χ0n) is 21.4. The molecule has 4 amide bonds. The van der Waals surface area contributed by atoms with Gasteiger partial charge in [0.15, 0.2) is 0 Å². The third-order valence-corrected chi connectivity index (χ3v) is 9.70. The maximum absolute atomic E-state index is 13.8. The van der Waals surface area contributed by atoms with Crippen LogP contribution in [0, 0.1) is 34.5 Å². The Hall–Kier alpha value is -1.89. The van der Waals surface area contributed by atoms with Gasteiger partial charge in [0, 0.05) is 43.7 Å². The van der Waals surface area contributed by atoms with Gasteiger partial charge in [0.25, 0.3) is 0 Å². The van der Waals surface area contributed by atoms with Crippen molar-refractivity contribution in [2.24, 2.45) is 34.5 Å². The summed E-state index contributed by atoms with van der Waals surface area (Å²) in [4.78, 5) is 40.1. The Kier molecular flexibility index (Phi) is 7.41. The van der Waals surface area contributed by atoms with Gasteiger partial charge in [-0.25, -0.2) is 4.79 Å². The summed E-state index contributed by atoms with van der Waals surface area (Å²) < 4.78 is 5.45. The first-order valence-corrected chi connectivity index (χ1v) is 13.4. The van der Waals surface area contributed by atoms with Crippen LogP contribution >= 0.6 is 0 Å². The summed E-state index contributed by atoms with van der Waals surface area (Å²) in [5.74, 6) is 1.50. The molecule has 7 nitrogen and oxygen atoms in total. The Morgan fingerprint density at radius 2 is 1.94 bits per heavy atom. The topological polar surface area (TPSA) is 87.7 Å². The van der Waals surface area contributed by atoms with Crippen LogP contribution in [0.4, 0.5) is 4.79 Å². The minimum absolute atomic E-state index is 0.00405. The van der Waals surface area contributed by atoms with E-state index in [1.807, 2.05) is 13.8 Å². The van der Waals surface area contributed by atoms with Gasteiger partial charge in [0.05, 0.1) is 0 Å². The van der Waals surface area contributed by atoms with E-state index in [9.17, 15) is 14.4 Å². The zero-order chi connectivity index (χ0) is 24.5. The maximum atomic E-state index is 13.8. The standard InChI is InChI=1S/C27H43N3O4/c1-5-28-25(33)30(16-7-17-34-6-2)24(32)21-10-9-19-18-8-11-22-27(4,15-13-23(31)29-22)20(18)12-14-26(19,21)3/h13,15,18-22H,5-12,14,16-17H2,1-4H3,(H,28,33)(H,29,31)/t18-,19-,20+,21?,22?,26-,27+/m0/s1. The Morgan fingerprint density at radius 1 is 1.15 bits per heavy atom. The number of ether oxygens (including phenoxy) is 1. The summed E-state index contributed by atoms with van der Waals surface area (Å²) in [5, 5.41) is 6.06. The van der Waals surface area contributed by atoms with Gasteiger partial charge in [-0.1, -0.05) is 19.9 Å². The number of fused-ring (bicyclic) bond motifs is 5. The fourth-order valence-electron chi connectivity index (χ4n) is 7.95. The zero-order valence-corrected chi connectivity index (χ0v) is 21.4. The van der Waals surface area contributed by atoms with E-state index in [-0.39, 0.29) is 40.6 Å². The van der Waals surface area contributed by atoms with Crippen LogP contribution in [0.15, 0.2) is 12.2 Å². The number of carbonyl (C=O) groups is 3. The van der Waals surface area contributed by atoms with E-state index in [1.165, 1.54) is 4.90 Å². The van der Waals surface area contributed by atoms with Gasteiger partial charge in [-0.15, -0.1) is 0 Å². The first kappa shape index (κ1) is 25.2. The molecule has 34 heavy (non-hydrogen) atoms. The number of carbonyl (C=O) groups excluding carboxylic acids is 3. The Labute approximate surface area is 204 Å². The molecule has 1 aliphatic heterocycles. The molecule has 190 valence electrons. The molecule has 0 bridgehead atoms. The second-order valence-corrected chi connectivity index (χ2v) is 11.3. The number of imide groups is 1. The molecule has 4 rings (SSSR count). The lowest BCUT2D eigenvalue weighted by atomic mass is 9.48. The second-order valence-electron chi connectivity index (χ2n) is 11.3. The SMILES string of the molecule is CCNC(=O)N(CCCOCC)C(=O)C1CC[C@H]2[C@@H]3CCC4NC(=O)C=C[C@]4(C)[C@@H]3CC[C@]12C. The summed E-state index contributed by atoms with van der Waals surface area (Å²) in [6.07, 6.45) is 10.6. The molecule has 0 aromatic heterocycles. The van der Waals surface area contributed by atoms with Crippen molar-refractivity contribution in [1.29, 1.82) is 0 Å². The van der Waals surface area contributed by atoms with Gasteiger partial charge >= 0.3 is 6.03 Å². The minimum atomic E-state index is -0.277. The van der Waals surface area contributed by atoms with Crippen molar-refractivity contribution in [3.05, 3.63) is 12.2 Å². The average Bonchev–Trinajstić information content (AvgIpc) is 3.16. The second kappa shape index (κ2) is 10.00. The molecule has 0 radical (unpaired) electrons. The highest BCUT2D eigenvalue weighted by Gasteiger charge is 2.61. The smallest absolute Gasteiger partial charge is 0.324 e. The van der Waals surface area contributed by atoms with Crippen molar-refractivity contribution < 1.29 is 19.1 Å². The van der Waals surface area contributed by atoms with Crippen LogP contribution in [0.2, 0.25) is 0 Å². The molecule has 4 aliphatic rings. The van der Waals surface area contributed by atoms with Crippen LogP contribution in [0.3, 0.4) is 0 Å². The van der Waals surface area contributed by atoms with E-state index in [4.69, 9.17) is 4.74 Å². The molecular weight excluding hydrogens is 430 g/mol. The van der Waals surface area contributed by atoms with E-state index >= 15 is 0 Å². The summed E-state index contributed by atoms with van der Waals surface area (Å²) in [5.41, 5.74) is -0.0830. The number of hydrogen-bond acceptors (Lipinski definition) is 4. The monoisotopic (exact) mass is 473 g/mol. The van der Waals surface area contributed by atoms with Crippen LogP contribution in [-0.4, -0.2) is 55.1 Å². The van der Waals surface area contributed by atoms with E-state index < -0.39 is 0 Å². The fraction of sp³-hybridized carbons (Fsp3) is 0.815. The largest absolute Gasteiger partial charge is 0.382 e. The fourth-order valence-corrected chi connectivity index (χ4v) is 7.95. The number of amides is 4. The maximum Gasteiger partial charge on any atom is 0.324 e. The molecule has 1 heterocycles. The van der Waals surface area contributed by atoms with Crippen LogP contribution in [0.1, 0.15) is 72.6 Å². The first-order valence-electron chi connectivity index (χ1n) is 13.4. The van der Waals surface area contributed by atoms with Gasteiger partial charge in [-0.3, -0.25) is 14.5 Å². The average molecular weight is 474 g/mol. The predicted molar refractivity (Wildman–Crippen MR) is 131 cm³/mol. The van der Waals surface area contributed by atoms with Crippen molar-refractivity contribution in [2.45, 2.75) is 78.7 Å². The lowest BCUT2D eigenvalue weighted by molar-refractivity contribution is -0.141. The van der Waals surface area contributed by atoms with Crippen molar-refractivity contribution in [2.75, 3.05) is 26.3 Å². The molecule has 0 saturated heterocycles. The molecule has 0 aromatic carbocycles. The summed E-state index contributed by atoms with van der Waals surface area (Å²) in [7, 11) is 0. The van der Waals surface area contributed by atoms with Crippen LogP contribution in [0.5, 0.6) is 0 Å². The van der Waals surface area contributed by atoms with Crippen molar-refractivity contribution >= 4 is 17.8 Å². The number of hydrogen-bond donors (Lipinski definition) is 2. The molecule has 3 aliphatic carbocycles. The molecule has 0 aromatic rings. The highest BCUT2D eigenvalue weighted by atomic mass is 16.5. The van der Waals surface area contributed by atoms with E-state index in [2.05, 4.69) is 30.6 Å². The molecule has 0 spiro atoms. The number of rotatable bonds is 7. The minimum Gasteiger partial charge on any atom is -0.382 e. The molecule has 7 heteroatoms. The van der Waals surface area contributed by atoms with Gasteiger partial charge in [-0.05, 0) is 88.0 Å². The highest BCUT2D eigenvalue weighted by molar-refractivity contribution is 5.96. The lowest BCUT2D eigenvalue weighted by Crippen LogP contribution is -2.59. The third-order valence-electron chi connectivity index (χ3n) is 9.70. The van der Waals surface area contributed by atoms with Crippen molar-refractivity contribution in [1.82, 2.24) is 15.5 Å². The van der Waals surface area contributed by atoms with Crippen molar-refractivity contribution in [3.63, 3.8) is 0 Å². The molecule has 3 fully saturated rings. The number of urea groups is 1. The number of nitrogens with zero attached hydrogens (tertiary/aromatic N) is 1. The van der Waals surface area contributed by atoms with E-state index in [0.29, 0.717) is 50.5 Å². The Bertz CT molecular complexity index is 829. The van der Waals surface area contributed by atoms with Gasteiger partial charge in [-0.2, -0.15) is 0 Å². The van der Waals surface area contributed by atoms with Gasteiger partial charge in [0.2, 0.25) is 11.8 Å². The summed E-state index contributed by atoms with van der Waals surface area (Å²) in [6.45, 7) is 10.6. The molecule has 3 saturated carbocycles. The third kappa shape index (κ3) is 4.29. The lowest BCUT2D eigenvalue weighted by Gasteiger charge is -2.58. The Morgan fingerprint density at radius 3 is 2.68 bits per heavy atom. The van der Waals surface area contributed by atoms with Gasteiger partial charge in [0.1, 0.15) is 0 Å². The molecule has 2 unspecified atom stereocenters. The van der Waals surface area contributed by atoms with E-state index in [1.54, 1.807) is 6.08 Å². The molecule has 7 atom stereocenters. The molecular formula is C27H43N3O4. The predicted octanol–water partition coefficient (Wildman–Crippen LogP) is 3.88. The quantitative estimate of drug-likeness (QED) is 0.549. The molecule has 2 N–H and O–H groups in total. The first-order chi connectivity index (χ1) is 16.3. The van der Waals surface area contributed by atoms with Crippen molar-refractivity contribution in [3.8, 4) is 0 Å². The van der Waals surface area contributed by atoms with Crippen LogP contribution in [0.25, 0.3) is 0 Å².